The van der Waals surface area contributed by atoms with Crippen LogP contribution in [0.25, 0.3) is 11.3 Å². The molecule has 0 bridgehead atoms. The summed E-state index contributed by atoms with van der Waals surface area (Å²) in [6.07, 6.45) is 8.23. The number of carbonyl (C=O) groups excluding carboxylic acids is 2. The second-order valence-corrected chi connectivity index (χ2v) is 11.5. The molecule has 2 amide bonds. The summed E-state index contributed by atoms with van der Waals surface area (Å²) in [5.74, 6) is -0.151. The molecule has 0 unspecified atom stereocenters. The van der Waals surface area contributed by atoms with E-state index >= 15 is 0 Å². The third kappa shape index (κ3) is 6.40. The molecule has 6 nitrogen and oxygen atoms in total. The molecule has 2 aliphatic heterocycles. The van der Waals surface area contributed by atoms with Crippen molar-refractivity contribution in [1.29, 1.82) is 5.26 Å². The standard InChI is InChI=1S/C27H32Cl2N4O2S/c28-21-10-9-20(15-22(21)29)23-18-36-26(31-23)27(19-30,16-24(34)32-11-5-1-2-6-12-32)17-25(35)33-13-7-3-4-8-14-33/h9-10,15,18H,1-8,11-14,16-17H2. The van der Waals surface area contributed by atoms with Gasteiger partial charge in [0.2, 0.25) is 11.8 Å². The molecule has 3 heterocycles. The van der Waals surface area contributed by atoms with E-state index in [9.17, 15) is 14.9 Å². The van der Waals surface area contributed by atoms with Gasteiger partial charge >= 0.3 is 0 Å². The molecule has 1 aromatic carbocycles. The molecule has 0 N–H and O–H groups in total. The van der Waals surface area contributed by atoms with Crippen molar-refractivity contribution in [1.82, 2.24) is 14.8 Å². The van der Waals surface area contributed by atoms with Gasteiger partial charge in [0.25, 0.3) is 0 Å². The van der Waals surface area contributed by atoms with Gasteiger partial charge in [0.15, 0.2) is 0 Å². The van der Waals surface area contributed by atoms with Crippen LogP contribution in [0.4, 0.5) is 0 Å². The van der Waals surface area contributed by atoms with Gasteiger partial charge in [0.1, 0.15) is 10.4 Å². The SMILES string of the molecule is N#CC(CC(=O)N1CCCCCC1)(CC(=O)N1CCCCCC1)c1nc(-c2ccc(Cl)c(Cl)c2)cs1. The van der Waals surface area contributed by atoms with E-state index in [-0.39, 0.29) is 24.7 Å². The molecule has 9 heteroatoms. The number of halogens is 2. The fourth-order valence-corrected chi connectivity index (χ4v) is 6.28. The van der Waals surface area contributed by atoms with Crippen molar-refractivity contribution >= 4 is 46.4 Å². The highest BCUT2D eigenvalue weighted by molar-refractivity contribution is 7.10. The summed E-state index contributed by atoms with van der Waals surface area (Å²) in [5, 5.41) is 13.8. The number of rotatable bonds is 6. The lowest BCUT2D eigenvalue weighted by Gasteiger charge is -2.30. The predicted octanol–water partition coefficient (Wildman–Crippen LogP) is 6.46. The van der Waals surface area contributed by atoms with Gasteiger partial charge in [-0.1, -0.05) is 55.0 Å². The van der Waals surface area contributed by atoms with E-state index < -0.39 is 5.41 Å². The van der Waals surface area contributed by atoms with Crippen molar-refractivity contribution in [3.8, 4) is 17.3 Å². The Labute approximate surface area is 227 Å². The van der Waals surface area contributed by atoms with E-state index in [1.165, 1.54) is 11.3 Å². The second-order valence-electron chi connectivity index (χ2n) is 9.80. The highest BCUT2D eigenvalue weighted by Gasteiger charge is 2.42. The zero-order chi connectivity index (χ0) is 25.5. The number of aromatic nitrogens is 1. The smallest absolute Gasteiger partial charge is 0.224 e. The predicted molar refractivity (Wildman–Crippen MR) is 144 cm³/mol. The first kappa shape index (κ1) is 26.9. The molecule has 0 atom stereocenters. The van der Waals surface area contributed by atoms with Gasteiger partial charge in [-0.3, -0.25) is 9.59 Å². The van der Waals surface area contributed by atoms with Crippen LogP contribution in [0.1, 0.15) is 69.2 Å². The Morgan fingerprint density at radius 3 is 1.89 bits per heavy atom. The first-order valence-electron chi connectivity index (χ1n) is 12.8. The maximum Gasteiger partial charge on any atom is 0.224 e. The maximum atomic E-state index is 13.5. The summed E-state index contributed by atoms with van der Waals surface area (Å²) in [4.78, 5) is 35.4. The molecule has 36 heavy (non-hydrogen) atoms. The summed E-state index contributed by atoms with van der Waals surface area (Å²) in [6.45, 7) is 2.80. The van der Waals surface area contributed by atoms with E-state index in [0.717, 1.165) is 56.9 Å². The molecule has 2 fully saturated rings. The van der Waals surface area contributed by atoms with Gasteiger partial charge in [0.05, 0.1) is 34.7 Å². The van der Waals surface area contributed by atoms with Crippen molar-refractivity contribution < 1.29 is 9.59 Å². The molecule has 0 radical (unpaired) electrons. The number of thiazole rings is 1. The van der Waals surface area contributed by atoms with Gasteiger partial charge in [-0.05, 0) is 37.8 Å². The van der Waals surface area contributed by atoms with E-state index in [0.29, 0.717) is 46.9 Å². The quantitative estimate of drug-likeness (QED) is 0.416. The first-order chi connectivity index (χ1) is 17.4. The zero-order valence-electron chi connectivity index (χ0n) is 20.5. The minimum absolute atomic E-state index is 0.0442. The largest absolute Gasteiger partial charge is 0.343 e. The molecule has 1 aromatic heterocycles. The number of benzene rings is 1. The maximum absolute atomic E-state index is 13.5. The molecule has 192 valence electrons. The molecule has 2 aromatic rings. The molecule has 0 saturated carbocycles. The normalized spacial score (nSPS) is 17.2. The van der Waals surface area contributed by atoms with E-state index in [1.807, 2.05) is 21.2 Å². The van der Waals surface area contributed by atoms with E-state index in [1.54, 1.807) is 12.1 Å². The lowest BCUT2D eigenvalue weighted by Crippen LogP contribution is -2.42. The Morgan fingerprint density at radius 2 is 1.42 bits per heavy atom. The summed E-state index contributed by atoms with van der Waals surface area (Å²) < 4.78 is 0. The monoisotopic (exact) mass is 546 g/mol. The molecule has 4 rings (SSSR count). The summed E-state index contributed by atoms with van der Waals surface area (Å²) >= 11 is 13.6. The average Bonchev–Trinajstić information content (AvgIpc) is 3.05. The van der Waals surface area contributed by atoms with Crippen molar-refractivity contribution in [3.63, 3.8) is 0 Å². The van der Waals surface area contributed by atoms with Gasteiger partial charge in [-0.15, -0.1) is 11.3 Å². The minimum Gasteiger partial charge on any atom is -0.343 e. The number of likely N-dealkylation sites (tertiary alicyclic amines) is 2. The minimum atomic E-state index is -1.31. The van der Waals surface area contributed by atoms with Crippen LogP contribution in [0.15, 0.2) is 23.6 Å². The Hall–Kier alpha value is -2.14. The number of nitrogens with zero attached hydrogens (tertiary/aromatic N) is 4. The Balaban J connectivity index is 1.65. The third-order valence-corrected chi connectivity index (χ3v) is 8.95. The van der Waals surface area contributed by atoms with Crippen LogP contribution in [0.3, 0.4) is 0 Å². The Kier molecular flexibility index (Phi) is 9.27. The number of amides is 2. The van der Waals surface area contributed by atoms with E-state index in [4.69, 9.17) is 28.2 Å². The van der Waals surface area contributed by atoms with Crippen molar-refractivity contribution in [2.24, 2.45) is 0 Å². The molecular weight excluding hydrogens is 515 g/mol. The number of hydrogen-bond acceptors (Lipinski definition) is 5. The average molecular weight is 548 g/mol. The topological polar surface area (TPSA) is 77.3 Å². The van der Waals surface area contributed by atoms with Gasteiger partial charge in [-0.2, -0.15) is 5.26 Å². The summed E-state index contributed by atoms with van der Waals surface area (Å²) in [5.41, 5.74) is 0.111. The lowest BCUT2D eigenvalue weighted by molar-refractivity contribution is -0.134. The molecule has 0 spiro atoms. The lowest BCUT2D eigenvalue weighted by atomic mass is 9.81. The van der Waals surface area contributed by atoms with E-state index in [2.05, 4.69) is 6.07 Å². The van der Waals surface area contributed by atoms with Crippen LogP contribution < -0.4 is 0 Å². The Bertz CT molecular complexity index is 1080. The van der Waals surface area contributed by atoms with Crippen LogP contribution in [0.5, 0.6) is 0 Å². The molecule has 2 aliphatic rings. The number of hydrogen-bond donors (Lipinski definition) is 0. The number of nitriles is 1. The van der Waals surface area contributed by atoms with Crippen LogP contribution in [0.2, 0.25) is 10.0 Å². The molecule has 2 saturated heterocycles. The van der Waals surface area contributed by atoms with Crippen LogP contribution in [0, 0.1) is 11.3 Å². The molecular formula is C27H32Cl2N4O2S. The van der Waals surface area contributed by atoms with Crippen molar-refractivity contribution in [3.05, 3.63) is 38.6 Å². The first-order valence-corrected chi connectivity index (χ1v) is 14.4. The highest BCUT2D eigenvalue weighted by atomic mass is 35.5. The fourth-order valence-electron chi connectivity index (χ4n) is 5.00. The van der Waals surface area contributed by atoms with Crippen LogP contribution in [-0.4, -0.2) is 52.8 Å². The van der Waals surface area contributed by atoms with Crippen molar-refractivity contribution in [2.75, 3.05) is 26.2 Å². The summed E-state index contributed by atoms with van der Waals surface area (Å²) in [7, 11) is 0. The van der Waals surface area contributed by atoms with Gasteiger partial charge < -0.3 is 9.80 Å². The number of carbonyl (C=O) groups is 2. The highest BCUT2D eigenvalue weighted by Crippen LogP contribution is 2.38. The zero-order valence-corrected chi connectivity index (χ0v) is 22.8. The summed E-state index contributed by atoms with van der Waals surface area (Å²) in [6, 6.07) is 7.67. The van der Waals surface area contributed by atoms with Crippen LogP contribution >= 0.6 is 34.5 Å². The third-order valence-electron chi connectivity index (χ3n) is 7.17. The second kappa shape index (κ2) is 12.4. The van der Waals surface area contributed by atoms with Gasteiger partial charge in [0, 0.05) is 37.1 Å². The fraction of sp³-hybridized carbons (Fsp3) is 0.556. The Morgan fingerprint density at radius 1 is 0.889 bits per heavy atom. The van der Waals surface area contributed by atoms with Crippen LogP contribution in [-0.2, 0) is 15.0 Å². The van der Waals surface area contributed by atoms with Gasteiger partial charge in [-0.25, -0.2) is 4.98 Å². The van der Waals surface area contributed by atoms with Crippen molar-refractivity contribution in [2.45, 2.75) is 69.6 Å². The molecule has 0 aliphatic carbocycles.